The summed E-state index contributed by atoms with van der Waals surface area (Å²) in [5, 5.41) is 2.72. The molecule has 1 aromatic heterocycles. The Kier molecular flexibility index (Phi) is 4.46. The van der Waals surface area contributed by atoms with Crippen molar-refractivity contribution in [3.8, 4) is 0 Å². The van der Waals surface area contributed by atoms with Crippen molar-refractivity contribution >= 4 is 21.4 Å². The van der Waals surface area contributed by atoms with Gasteiger partial charge in [-0.2, -0.15) is 18.3 Å². The highest BCUT2D eigenvalue weighted by Crippen LogP contribution is 2.36. The lowest BCUT2D eigenvalue weighted by Crippen LogP contribution is -2.22. The molecule has 0 saturated carbocycles. The number of hydroxylamine groups is 1. The topological polar surface area (TPSA) is 73.2 Å². The molecule has 6 nitrogen and oxygen atoms in total. The number of sulfone groups is 1. The Labute approximate surface area is 136 Å². The summed E-state index contributed by atoms with van der Waals surface area (Å²) >= 11 is 5.87. The van der Waals surface area contributed by atoms with Gasteiger partial charge in [0.25, 0.3) is 0 Å². The van der Waals surface area contributed by atoms with Gasteiger partial charge in [0.05, 0.1) is 5.75 Å². The van der Waals surface area contributed by atoms with Crippen LogP contribution in [-0.4, -0.2) is 23.8 Å². The van der Waals surface area contributed by atoms with E-state index in [-0.39, 0.29) is 16.7 Å². The average molecular weight is 374 g/mol. The minimum Gasteiger partial charge on any atom is -0.265 e. The number of rotatable bonds is 4. The van der Waals surface area contributed by atoms with E-state index in [2.05, 4.69) is 10.6 Å². The summed E-state index contributed by atoms with van der Waals surface area (Å²) in [6, 6.07) is 0. The Morgan fingerprint density at radius 3 is 2.48 bits per heavy atom. The summed E-state index contributed by atoms with van der Waals surface area (Å²) in [5.41, 5.74) is -0.530. The molecule has 0 amide bonds. The number of hydrogen-bond donors (Lipinski definition) is 1. The molecule has 0 atom stereocenters. The second-order valence-electron chi connectivity index (χ2n) is 5.51. The van der Waals surface area contributed by atoms with Crippen molar-refractivity contribution in [1.29, 1.82) is 0 Å². The Balaban J connectivity index is 2.46. The van der Waals surface area contributed by atoms with Crippen molar-refractivity contribution in [2.24, 2.45) is 0 Å². The maximum absolute atomic E-state index is 13.1. The normalized spacial score (nSPS) is 18.0. The number of aromatic nitrogens is 2. The van der Waals surface area contributed by atoms with E-state index in [4.69, 9.17) is 16.4 Å². The molecule has 23 heavy (non-hydrogen) atoms. The van der Waals surface area contributed by atoms with Crippen molar-refractivity contribution < 1.29 is 26.4 Å². The van der Waals surface area contributed by atoms with Gasteiger partial charge < -0.3 is 0 Å². The van der Waals surface area contributed by atoms with Gasteiger partial charge in [0.2, 0.25) is 0 Å². The fraction of sp³-hybridized carbons (Fsp3) is 0.583. The van der Waals surface area contributed by atoms with E-state index in [0.717, 1.165) is 4.68 Å². The van der Waals surface area contributed by atoms with Crippen LogP contribution in [0.4, 0.5) is 13.2 Å². The van der Waals surface area contributed by atoms with Gasteiger partial charge in [-0.1, -0.05) is 11.6 Å². The molecule has 0 unspecified atom stereocenters. The molecule has 1 aromatic rings. The highest BCUT2D eigenvalue weighted by Gasteiger charge is 2.41. The van der Waals surface area contributed by atoms with Gasteiger partial charge in [0.15, 0.2) is 20.6 Å². The largest absolute Gasteiger partial charge is 0.435 e. The van der Waals surface area contributed by atoms with Crippen LogP contribution in [-0.2, 0) is 33.1 Å². The number of nitrogens with zero attached hydrogens (tertiary/aromatic N) is 2. The van der Waals surface area contributed by atoms with Crippen LogP contribution in [0, 0.1) is 0 Å². The number of hydrogen-bond acceptors (Lipinski definition) is 5. The molecule has 0 aliphatic carbocycles. The molecule has 1 N–H and O–H groups in total. The summed E-state index contributed by atoms with van der Waals surface area (Å²) in [5.74, 6) is -0.932. The van der Waals surface area contributed by atoms with Crippen molar-refractivity contribution in [3.05, 3.63) is 27.5 Å². The van der Waals surface area contributed by atoms with Crippen molar-refractivity contribution in [3.63, 3.8) is 0 Å². The number of alkyl halides is 3. The molecule has 0 spiro atoms. The molecule has 0 bridgehead atoms. The highest BCUT2D eigenvalue weighted by atomic mass is 35.5. The minimum atomic E-state index is -4.80. The van der Waals surface area contributed by atoms with Gasteiger partial charge in [-0.05, 0) is 26.8 Å². The van der Waals surface area contributed by atoms with Crippen LogP contribution >= 0.6 is 11.6 Å². The number of halogens is 4. The van der Waals surface area contributed by atoms with Crippen LogP contribution in [0.2, 0.25) is 5.15 Å². The molecule has 0 aromatic carbocycles. The lowest BCUT2D eigenvalue weighted by atomic mass is 10.1. The van der Waals surface area contributed by atoms with Crippen molar-refractivity contribution in [1.82, 2.24) is 15.3 Å². The molecular weight excluding hydrogens is 359 g/mol. The average Bonchev–Trinajstić information content (AvgIpc) is 2.90. The maximum atomic E-state index is 13.1. The molecule has 0 saturated heterocycles. The molecule has 2 rings (SSSR count). The van der Waals surface area contributed by atoms with Gasteiger partial charge in [-0.3, -0.25) is 15.0 Å². The lowest BCUT2D eigenvalue weighted by Gasteiger charge is -2.11. The molecule has 2 heterocycles. The SMILES string of the molecule is CCn1nc(C(F)(F)F)c(CS(=O)(=O)C2=CC(C)(C)ON2)c1Cl. The molecule has 0 radical (unpaired) electrons. The zero-order chi connectivity index (χ0) is 17.6. The van der Waals surface area contributed by atoms with E-state index in [1.54, 1.807) is 20.8 Å². The van der Waals surface area contributed by atoms with Crippen LogP contribution in [0.3, 0.4) is 0 Å². The predicted octanol–water partition coefficient (Wildman–Crippen LogP) is 2.64. The predicted molar refractivity (Wildman–Crippen MR) is 76.9 cm³/mol. The standard InChI is InChI=1S/C12H15ClF3N3O3S/c1-4-19-10(13)7(9(17-19)12(14,15)16)6-23(20,21)8-5-11(2,3)22-18-8/h5,18H,4,6H2,1-3H3. The molecule has 1 aliphatic heterocycles. The Morgan fingerprint density at radius 2 is 2.04 bits per heavy atom. The van der Waals surface area contributed by atoms with Crippen LogP contribution in [0.1, 0.15) is 32.0 Å². The molecule has 1 aliphatic rings. The van der Waals surface area contributed by atoms with Gasteiger partial charge in [0.1, 0.15) is 10.8 Å². The first-order chi connectivity index (χ1) is 10.4. The van der Waals surface area contributed by atoms with E-state index in [0.29, 0.717) is 0 Å². The fourth-order valence-corrected chi connectivity index (χ4v) is 3.86. The smallest absolute Gasteiger partial charge is 0.265 e. The van der Waals surface area contributed by atoms with Crippen LogP contribution in [0.25, 0.3) is 0 Å². The van der Waals surface area contributed by atoms with E-state index >= 15 is 0 Å². The third-order valence-electron chi connectivity index (χ3n) is 3.11. The van der Waals surface area contributed by atoms with Crippen LogP contribution in [0.15, 0.2) is 11.1 Å². The molecule has 130 valence electrons. The summed E-state index contributed by atoms with van der Waals surface area (Å²) in [6.07, 6.45) is -3.52. The third kappa shape index (κ3) is 3.64. The quantitative estimate of drug-likeness (QED) is 0.878. The van der Waals surface area contributed by atoms with E-state index in [1.165, 1.54) is 6.08 Å². The second kappa shape index (κ2) is 5.67. The molecule has 0 fully saturated rings. The van der Waals surface area contributed by atoms with Crippen LogP contribution < -0.4 is 5.48 Å². The molecule has 11 heteroatoms. The summed E-state index contributed by atoms with van der Waals surface area (Å²) in [6.45, 7) is 4.84. The van der Waals surface area contributed by atoms with Crippen LogP contribution in [0.5, 0.6) is 0 Å². The van der Waals surface area contributed by atoms with Crippen molar-refractivity contribution in [2.45, 2.75) is 44.8 Å². The van der Waals surface area contributed by atoms with Gasteiger partial charge in [-0.25, -0.2) is 8.42 Å². The first-order valence-electron chi connectivity index (χ1n) is 6.59. The first kappa shape index (κ1) is 18.1. The van der Waals surface area contributed by atoms with Gasteiger partial charge in [0, 0.05) is 12.1 Å². The molecular formula is C12H15ClF3N3O3S. The lowest BCUT2D eigenvalue weighted by molar-refractivity contribution is -0.142. The fourth-order valence-electron chi connectivity index (χ4n) is 2.02. The summed E-state index contributed by atoms with van der Waals surface area (Å²) in [4.78, 5) is 5.03. The van der Waals surface area contributed by atoms with Gasteiger partial charge >= 0.3 is 6.18 Å². The Morgan fingerprint density at radius 1 is 1.43 bits per heavy atom. The Bertz CT molecular complexity index is 754. The summed E-state index contributed by atoms with van der Waals surface area (Å²) in [7, 11) is -4.10. The first-order valence-corrected chi connectivity index (χ1v) is 8.62. The van der Waals surface area contributed by atoms with E-state index < -0.39 is 38.6 Å². The Hall–Kier alpha value is -1.26. The third-order valence-corrected chi connectivity index (χ3v) is 5.08. The minimum absolute atomic E-state index is 0.0824. The highest BCUT2D eigenvalue weighted by molar-refractivity contribution is 7.94. The van der Waals surface area contributed by atoms with E-state index in [9.17, 15) is 21.6 Å². The van der Waals surface area contributed by atoms with E-state index in [1.807, 2.05) is 0 Å². The van der Waals surface area contributed by atoms with Gasteiger partial charge in [-0.15, -0.1) is 0 Å². The second-order valence-corrected chi connectivity index (χ2v) is 7.82. The monoisotopic (exact) mass is 373 g/mol. The van der Waals surface area contributed by atoms with Crippen molar-refractivity contribution in [2.75, 3.05) is 0 Å². The maximum Gasteiger partial charge on any atom is 0.435 e. The number of nitrogens with one attached hydrogen (secondary N) is 1. The zero-order valence-electron chi connectivity index (χ0n) is 12.5. The summed E-state index contributed by atoms with van der Waals surface area (Å²) < 4.78 is 64.8. The zero-order valence-corrected chi connectivity index (χ0v) is 14.1. The number of aryl methyl sites for hydroxylation is 1.